The number of hydrogen-bond donors (Lipinski definition) is 0. The molecule has 0 aliphatic rings. The second-order valence-corrected chi connectivity index (χ2v) is 13.3. The van der Waals surface area contributed by atoms with Crippen molar-refractivity contribution in [3.8, 4) is 45.3 Å². The minimum absolute atomic E-state index is 0.588. The van der Waals surface area contributed by atoms with Crippen LogP contribution in [-0.2, 0) is 0 Å². The summed E-state index contributed by atoms with van der Waals surface area (Å²) in [5, 5.41) is 4.28. The SMILES string of the molecule is c1ccc(-c2nc(-c3ccccc3)nc(-c3cc(-c4ccc5ccc(N(c6ccccc6)c6ccccc6)cc5c4)cc4oc5ccccc5c34)n2)cc1. The number of rotatable bonds is 7. The number of fused-ring (bicyclic) bond motifs is 4. The van der Waals surface area contributed by atoms with Crippen molar-refractivity contribution < 1.29 is 4.42 Å². The van der Waals surface area contributed by atoms with E-state index in [1.165, 1.54) is 0 Å². The summed E-state index contributed by atoms with van der Waals surface area (Å²) in [6.07, 6.45) is 0. The van der Waals surface area contributed by atoms with Crippen LogP contribution in [-0.4, -0.2) is 15.0 Å². The Balaban J connectivity index is 1.17. The van der Waals surface area contributed by atoms with Crippen LogP contribution in [0.4, 0.5) is 17.1 Å². The van der Waals surface area contributed by atoms with Crippen LogP contribution >= 0.6 is 0 Å². The van der Waals surface area contributed by atoms with Gasteiger partial charge in [-0.3, -0.25) is 0 Å². The first-order chi connectivity index (χ1) is 26.7. The van der Waals surface area contributed by atoms with Gasteiger partial charge in [-0.2, -0.15) is 0 Å². The fraction of sp³-hybridized carbons (Fsp3) is 0. The Morgan fingerprint density at radius 1 is 0.352 bits per heavy atom. The second kappa shape index (κ2) is 13.3. The van der Waals surface area contributed by atoms with Crippen molar-refractivity contribution in [1.29, 1.82) is 0 Å². The zero-order chi connectivity index (χ0) is 35.8. The van der Waals surface area contributed by atoms with Gasteiger partial charge in [0, 0.05) is 44.5 Å². The molecule has 0 atom stereocenters. The lowest BCUT2D eigenvalue weighted by Crippen LogP contribution is -2.09. The van der Waals surface area contributed by atoms with Crippen LogP contribution in [0.1, 0.15) is 0 Å². The van der Waals surface area contributed by atoms with E-state index in [9.17, 15) is 0 Å². The van der Waals surface area contributed by atoms with Crippen LogP contribution in [0.5, 0.6) is 0 Å². The third-order valence-electron chi connectivity index (χ3n) is 9.86. The van der Waals surface area contributed by atoms with E-state index in [-0.39, 0.29) is 0 Å². The molecule has 0 aliphatic carbocycles. The lowest BCUT2D eigenvalue weighted by Gasteiger charge is -2.25. The standard InChI is InChI=1S/C49H32N4O/c1-5-15-34(16-6-1)47-50-48(35-17-7-2-8-18-35)52-49(51-47)43-31-38(32-45-46(43)42-23-13-14-24-44(42)54-45)36-26-25-33-27-28-41(30-37(33)29-36)53(39-19-9-3-10-20-39)40-21-11-4-12-22-40/h1-32H. The number of anilines is 3. The maximum Gasteiger partial charge on any atom is 0.164 e. The van der Waals surface area contributed by atoms with E-state index in [0.29, 0.717) is 17.5 Å². The van der Waals surface area contributed by atoms with Crippen LogP contribution in [0.15, 0.2) is 199 Å². The first kappa shape index (κ1) is 31.4. The molecule has 2 aromatic heterocycles. The van der Waals surface area contributed by atoms with E-state index in [2.05, 4.69) is 108 Å². The molecule has 0 N–H and O–H groups in total. The van der Waals surface area contributed by atoms with Gasteiger partial charge in [0.2, 0.25) is 0 Å². The zero-order valence-corrected chi connectivity index (χ0v) is 29.2. The molecule has 10 rings (SSSR count). The molecule has 10 aromatic rings. The maximum absolute atomic E-state index is 6.56. The van der Waals surface area contributed by atoms with E-state index >= 15 is 0 Å². The van der Waals surface area contributed by atoms with Crippen molar-refractivity contribution in [1.82, 2.24) is 15.0 Å². The van der Waals surface area contributed by atoms with E-state index in [1.54, 1.807) is 0 Å². The highest BCUT2D eigenvalue weighted by molar-refractivity contribution is 6.13. The molecule has 0 aliphatic heterocycles. The van der Waals surface area contributed by atoms with Gasteiger partial charge in [-0.05, 0) is 82.6 Å². The van der Waals surface area contributed by atoms with E-state index in [1.807, 2.05) is 91.0 Å². The summed E-state index contributed by atoms with van der Waals surface area (Å²) in [6, 6.07) is 67.0. The average molecular weight is 693 g/mol. The summed E-state index contributed by atoms with van der Waals surface area (Å²) >= 11 is 0. The molecule has 0 fully saturated rings. The Bertz CT molecular complexity index is 2830. The van der Waals surface area contributed by atoms with Gasteiger partial charge < -0.3 is 9.32 Å². The van der Waals surface area contributed by atoms with Crippen molar-refractivity contribution in [2.45, 2.75) is 0 Å². The maximum atomic E-state index is 6.56. The topological polar surface area (TPSA) is 55.1 Å². The minimum atomic E-state index is 0.588. The van der Waals surface area contributed by atoms with Crippen LogP contribution in [0.2, 0.25) is 0 Å². The van der Waals surface area contributed by atoms with Gasteiger partial charge >= 0.3 is 0 Å². The average Bonchev–Trinajstić information content (AvgIpc) is 3.63. The summed E-state index contributed by atoms with van der Waals surface area (Å²) in [7, 11) is 0. The molecule has 2 heterocycles. The van der Waals surface area contributed by atoms with E-state index in [4.69, 9.17) is 19.4 Å². The number of benzene rings is 8. The lowest BCUT2D eigenvalue weighted by atomic mass is 9.96. The van der Waals surface area contributed by atoms with Crippen LogP contribution in [0.25, 0.3) is 78.0 Å². The quantitative estimate of drug-likeness (QED) is 0.166. The predicted octanol–water partition coefficient (Wildman–Crippen LogP) is 13.1. The Hall–Kier alpha value is -7.37. The van der Waals surface area contributed by atoms with Crippen LogP contribution in [0, 0.1) is 0 Å². The fourth-order valence-corrected chi connectivity index (χ4v) is 7.28. The summed E-state index contributed by atoms with van der Waals surface area (Å²) < 4.78 is 6.56. The number of aromatic nitrogens is 3. The Morgan fingerprint density at radius 2 is 0.907 bits per heavy atom. The third kappa shape index (κ3) is 5.74. The number of para-hydroxylation sites is 3. The molecule has 0 bridgehead atoms. The number of nitrogens with zero attached hydrogens (tertiary/aromatic N) is 4. The molecule has 54 heavy (non-hydrogen) atoms. The van der Waals surface area contributed by atoms with Crippen molar-refractivity contribution >= 4 is 49.8 Å². The van der Waals surface area contributed by atoms with Crippen LogP contribution < -0.4 is 4.90 Å². The molecular weight excluding hydrogens is 661 g/mol. The van der Waals surface area contributed by atoms with Gasteiger partial charge in [0.05, 0.1) is 0 Å². The molecule has 254 valence electrons. The van der Waals surface area contributed by atoms with Gasteiger partial charge in [-0.15, -0.1) is 0 Å². The molecule has 0 unspecified atom stereocenters. The second-order valence-electron chi connectivity index (χ2n) is 13.3. The third-order valence-corrected chi connectivity index (χ3v) is 9.86. The van der Waals surface area contributed by atoms with Gasteiger partial charge in [0.15, 0.2) is 17.5 Å². The van der Waals surface area contributed by atoms with Crippen molar-refractivity contribution in [3.05, 3.63) is 194 Å². The molecule has 0 saturated carbocycles. The Kier molecular flexibility index (Phi) is 7.73. The summed E-state index contributed by atoms with van der Waals surface area (Å²) in [4.78, 5) is 17.5. The molecular formula is C49H32N4O. The molecule has 0 spiro atoms. The molecule has 5 heteroatoms. The van der Waals surface area contributed by atoms with E-state index < -0.39 is 0 Å². The van der Waals surface area contributed by atoms with Crippen LogP contribution in [0.3, 0.4) is 0 Å². The predicted molar refractivity (Wildman–Crippen MR) is 221 cm³/mol. The largest absolute Gasteiger partial charge is 0.456 e. The molecule has 0 saturated heterocycles. The lowest BCUT2D eigenvalue weighted by molar-refractivity contribution is 0.669. The smallest absolute Gasteiger partial charge is 0.164 e. The Labute approximate surface area is 312 Å². The van der Waals surface area contributed by atoms with Gasteiger partial charge in [-0.25, -0.2) is 15.0 Å². The number of hydrogen-bond acceptors (Lipinski definition) is 5. The normalized spacial score (nSPS) is 11.3. The van der Waals surface area contributed by atoms with Crippen molar-refractivity contribution in [3.63, 3.8) is 0 Å². The molecule has 5 nitrogen and oxygen atoms in total. The fourth-order valence-electron chi connectivity index (χ4n) is 7.28. The summed E-state index contributed by atoms with van der Waals surface area (Å²) in [5.41, 5.74) is 9.68. The highest BCUT2D eigenvalue weighted by Gasteiger charge is 2.20. The first-order valence-corrected chi connectivity index (χ1v) is 18.0. The van der Waals surface area contributed by atoms with Crippen molar-refractivity contribution in [2.24, 2.45) is 0 Å². The van der Waals surface area contributed by atoms with E-state index in [0.717, 1.165) is 77.6 Å². The summed E-state index contributed by atoms with van der Waals surface area (Å²) in [5.74, 6) is 1.82. The van der Waals surface area contributed by atoms with Gasteiger partial charge in [0.25, 0.3) is 0 Å². The van der Waals surface area contributed by atoms with Crippen molar-refractivity contribution in [2.75, 3.05) is 4.90 Å². The highest BCUT2D eigenvalue weighted by Crippen LogP contribution is 2.41. The monoisotopic (exact) mass is 692 g/mol. The number of furan rings is 1. The van der Waals surface area contributed by atoms with Gasteiger partial charge in [-0.1, -0.05) is 133 Å². The molecule has 8 aromatic carbocycles. The first-order valence-electron chi connectivity index (χ1n) is 18.0. The minimum Gasteiger partial charge on any atom is -0.456 e. The Morgan fingerprint density at radius 3 is 1.56 bits per heavy atom. The molecule has 0 amide bonds. The highest BCUT2D eigenvalue weighted by atomic mass is 16.3. The summed E-state index contributed by atoms with van der Waals surface area (Å²) in [6.45, 7) is 0. The zero-order valence-electron chi connectivity index (χ0n) is 29.2. The molecule has 0 radical (unpaired) electrons. The van der Waals surface area contributed by atoms with Gasteiger partial charge in [0.1, 0.15) is 11.2 Å².